The fourth-order valence-electron chi connectivity index (χ4n) is 2.89. The molecule has 154 valence electrons. The van der Waals surface area contributed by atoms with Crippen LogP contribution in [0.3, 0.4) is 0 Å². The number of nitrogens with two attached hydrogens (primary N) is 1. The number of rotatable bonds is 6. The summed E-state index contributed by atoms with van der Waals surface area (Å²) >= 11 is 0. The van der Waals surface area contributed by atoms with Crippen LogP contribution in [0.2, 0.25) is 0 Å². The lowest BCUT2D eigenvalue weighted by atomic mass is 10.2. The number of ether oxygens (including phenoxy) is 1. The van der Waals surface area contributed by atoms with Crippen LogP contribution in [-0.4, -0.2) is 31.6 Å². The lowest BCUT2D eigenvalue weighted by molar-refractivity contribution is 0.0997. The quantitative estimate of drug-likeness (QED) is 0.499. The molecule has 0 saturated heterocycles. The van der Waals surface area contributed by atoms with Gasteiger partial charge in [0.25, 0.3) is 5.91 Å². The van der Waals surface area contributed by atoms with Crippen molar-refractivity contribution in [2.75, 3.05) is 5.32 Å². The van der Waals surface area contributed by atoms with Crippen LogP contribution in [0.5, 0.6) is 11.6 Å². The summed E-state index contributed by atoms with van der Waals surface area (Å²) in [6.45, 7) is 1.80. The Labute approximate surface area is 177 Å². The molecule has 0 bridgehead atoms. The van der Waals surface area contributed by atoms with Gasteiger partial charge in [-0.2, -0.15) is 5.10 Å². The second-order valence-electron chi connectivity index (χ2n) is 6.58. The highest BCUT2D eigenvalue weighted by Gasteiger charge is 2.16. The van der Waals surface area contributed by atoms with Crippen molar-refractivity contribution in [1.29, 1.82) is 0 Å². The first-order chi connectivity index (χ1) is 15.0. The van der Waals surface area contributed by atoms with Crippen molar-refractivity contribution in [3.05, 3.63) is 90.0 Å². The first-order valence-electron chi connectivity index (χ1n) is 9.32. The predicted octanol–water partition coefficient (Wildman–Crippen LogP) is 3.11. The Balaban J connectivity index is 1.45. The Morgan fingerprint density at radius 2 is 1.90 bits per heavy atom. The van der Waals surface area contributed by atoms with Gasteiger partial charge in [-0.15, -0.1) is 0 Å². The summed E-state index contributed by atoms with van der Waals surface area (Å²) in [6.07, 6.45) is 4.63. The number of hydrogen-bond donors (Lipinski definition) is 2. The van der Waals surface area contributed by atoms with Gasteiger partial charge in [0, 0.05) is 17.8 Å². The number of pyridine rings is 2. The van der Waals surface area contributed by atoms with Gasteiger partial charge < -0.3 is 15.8 Å². The molecule has 9 nitrogen and oxygen atoms in total. The maximum atomic E-state index is 12.7. The summed E-state index contributed by atoms with van der Waals surface area (Å²) in [5, 5.41) is 7.04. The molecule has 3 aromatic heterocycles. The molecule has 1 aromatic carbocycles. The topological polar surface area (TPSA) is 125 Å². The average Bonchev–Trinajstić information content (AvgIpc) is 3.17. The summed E-state index contributed by atoms with van der Waals surface area (Å²) in [4.78, 5) is 32.4. The SMILES string of the molecule is Cc1c(C(=O)Nc2ccc(Oc3cccc(C(N)=O)c3)nc2)cnn1-c1ccccn1. The van der Waals surface area contributed by atoms with Gasteiger partial charge in [0.05, 0.1) is 29.3 Å². The standard InChI is InChI=1S/C22H18N6O3/c1-14-18(13-26-28(14)19-7-2-3-10-24-19)22(30)27-16-8-9-20(25-12-16)31-17-6-4-5-15(11-17)21(23)29/h2-13H,1H3,(H2,23,29)(H,27,30). The monoisotopic (exact) mass is 414 g/mol. The molecule has 9 heteroatoms. The first-order valence-corrected chi connectivity index (χ1v) is 9.32. The molecule has 0 aliphatic heterocycles. The number of carbonyl (C=O) groups excluding carboxylic acids is 2. The van der Waals surface area contributed by atoms with E-state index < -0.39 is 5.91 Å². The van der Waals surface area contributed by atoms with Gasteiger partial charge in [-0.25, -0.2) is 14.6 Å². The Morgan fingerprint density at radius 3 is 2.61 bits per heavy atom. The van der Waals surface area contributed by atoms with Crippen molar-refractivity contribution in [2.45, 2.75) is 6.92 Å². The van der Waals surface area contributed by atoms with Crippen LogP contribution >= 0.6 is 0 Å². The highest BCUT2D eigenvalue weighted by molar-refractivity contribution is 6.04. The van der Waals surface area contributed by atoms with Gasteiger partial charge in [-0.3, -0.25) is 9.59 Å². The second kappa shape index (κ2) is 8.46. The molecule has 3 N–H and O–H groups in total. The van der Waals surface area contributed by atoms with Crippen molar-refractivity contribution in [3.63, 3.8) is 0 Å². The molecule has 0 fully saturated rings. The van der Waals surface area contributed by atoms with Crippen LogP contribution in [0.1, 0.15) is 26.4 Å². The zero-order chi connectivity index (χ0) is 21.8. The Kier molecular flexibility index (Phi) is 5.39. The molecule has 0 atom stereocenters. The number of benzene rings is 1. The summed E-state index contributed by atoms with van der Waals surface area (Å²) in [5.41, 5.74) is 7.20. The number of primary amides is 1. The number of hydrogen-bond acceptors (Lipinski definition) is 6. The number of nitrogens with one attached hydrogen (secondary N) is 1. The van der Waals surface area contributed by atoms with Gasteiger partial charge in [0.15, 0.2) is 5.82 Å². The average molecular weight is 414 g/mol. The van der Waals surface area contributed by atoms with Crippen LogP contribution < -0.4 is 15.8 Å². The lowest BCUT2D eigenvalue weighted by Gasteiger charge is -2.08. The third-order valence-corrected chi connectivity index (χ3v) is 4.46. The second-order valence-corrected chi connectivity index (χ2v) is 6.58. The molecule has 0 aliphatic carbocycles. The zero-order valence-corrected chi connectivity index (χ0v) is 16.5. The lowest BCUT2D eigenvalue weighted by Crippen LogP contribution is -2.13. The van der Waals surface area contributed by atoms with E-state index in [-0.39, 0.29) is 5.91 Å². The molecular weight excluding hydrogens is 396 g/mol. The van der Waals surface area contributed by atoms with E-state index in [1.807, 2.05) is 18.2 Å². The minimum atomic E-state index is -0.543. The summed E-state index contributed by atoms with van der Waals surface area (Å²) in [5.74, 6) is 0.502. The van der Waals surface area contributed by atoms with Crippen LogP contribution in [0.25, 0.3) is 5.82 Å². The molecule has 4 rings (SSSR count). The Morgan fingerprint density at radius 1 is 1.03 bits per heavy atom. The number of carbonyl (C=O) groups is 2. The number of amides is 2. The molecule has 0 radical (unpaired) electrons. The molecular formula is C22H18N6O3. The summed E-state index contributed by atoms with van der Waals surface area (Å²) in [6, 6.07) is 15.2. The van der Waals surface area contributed by atoms with E-state index in [0.717, 1.165) is 0 Å². The van der Waals surface area contributed by atoms with Gasteiger partial charge in [0.2, 0.25) is 11.8 Å². The first kappa shape index (κ1) is 19.8. The number of aromatic nitrogens is 4. The molecule has 31 heavy (non-hydrogen) atoms. The van der Waals surface area contributed by atoms with Crippen molar-refractivity contribution in [3.8, 4) is 17.4 Å². The number of anilines is 1. The maximum Gasteiger partial charge on any atom is 0.259 e. The Hall–Kier alpha value is -4.53. The van der Waals surface area contributed by atoms with E-state index in [1.54, 1.807) is 48.1 Å². The zero-order valence-electron chi connectivity index (χ0n) is 16.5. The van der Waals surface area contributed by atoms with Gasteiger partial charge in [-0.1, -0.05) is 12.1 Å². The highest BCUT2D eigenvalue weighted by atomic mass is 16.5. The fraction of sp³-hybridized carbons (Fsp3) is 0.0455. The number of nitrogens with zero attached hydrogens (tertiary/aromatic N) is 4. The summed E-state index contributed by atoms with van der Waals surface area (Å²) < 4.78 is 7.23. The van der Waals surface area contributed by atoms with Crippen molar-refractivity contribution in [1.82, 2.24) is 19.7 Å². The molecule has 4 aromatic rings. The maximum absolute atomic E-state index is 12.7. The van der Waals surface area contributed by atoms with Crippen LogP contribution in [0.15, 0.2) is 73.2 Å². The Bertz CT molecular complexity index is 1240. The molecule has 2 amide bonds. The minimum absolute atomic E-state index is 0.304. The van der Waals surface area contributed by atoms with Crippen molar-refractivity contribution >= 4 is 17.5 Å². The third-order valence-electron chi connectivity index (χ3n) is 4.46. The molecule has 3 heterocycles. The normalized spacial score (nSPS) is 10.5. The smallest absolute Gasteiger partial charge is 0.259 e. The van der Waals surface area contributed by atoms with Gasteiger partial charge in [0.1, 0.15) is 5.75 Å². The van der Waals surface area contributed by atoms with E-state index in [4.69, 9.17) is 10.5 Å². The van der Waals surface area contributed by atoms with E-state index in [0.29, 0.717) is 40.0 Å². The van der Waals surface area contributed by atoms with Crippen LogP contribution in [0, 0.1) is 6.92 Å². The molecule has 0 unspecified atom stereocenters. The van der Waals surface area contributed by atoms with Crippen molar-refractivity contribution in [2.24, 2.45) is 5.73 Å². The molecule has 0 saturated carbocycles. The van der Waals surface area contributed by atoms with E-state index in [9.17, 15) is 9.59 Å². The minimum Gasteiger partial charge on any atom is -0.439 e. The van der Waals surface area contributed by atoms with Gasteiger partial charge >= 0.3 is 0 Å². The highest BCUT2D eigenvalue weighted by Crippen LogP contribution is 2.22. The molecule has 0 spiro atoms. The predicted molar refractivity (Wildman–Crippen MR) is 113 cm³/mol. The van der Waals surface area contributed by atoms with Crippen molar-refractivity contribution < 1.29 is 14.3 Å². The fourth-order valence-corrected chi connectivity index (χ4v) is 2.89. The summed E-state index contributed by atoms with van der Waals surface area (Å²) in [7, 11) is 0. The van der Waals surface area contributed by atoms with Crippen LogP contribution in [-0.2, 0) is 0 Å². The van der Waals surface area contributed by atoms with E-state index in [2.05, 4.69) is 20.4 Å². The third kappa shape index (κ3) is 4.40. The largest absolute Gasteiger partial charge is 0.439 e. The van der Waals surface area contributed by atoms with E-state index >= 15 is 0 Å². The van der Waals surface area contributed by atoms with Gasteiger partial charge in [-0.05, 0) is 43.3 Å². The van der Waals surface area contributed by atoms with Crippen LogP contribution in [0.4, 0.5) is 5.69 Å². The van der Waals surface area contributed by atoms with E-state index in [1.165, 1.54) is 18.5 Å². The molecule has 0 aliphatic rings.